The molecule has 0 saturated carbocycles. The minimum Gasteiger partial charge on any atom is -0.461 e. The van der Waals surface area contributed by atoms with E-state index in [0.29, 0.717) is 13.2 Å². The fraction of sp³-hybridized carbons (Fsp3) is 0.500. The van der Waals surface area contributed by atoms with Crippen LogP contribution in [0.3, 0.4) is 0 Å². The van der Waals surface area contributed by atoms with Crippen LogP contribution in [0.5, 0.6) is 0 Å². The molecule has 1 atom stereocenters. The van der Waals surface area contributed by atoms with E-state index in [4.69, 9.17) is 4.74 Å². The lowest BCUT2D eigenvalue weighted by Gasteiger charge is -2.20. The molecule has 1 unspecified atom stereocenters. The van der Waals surface area contributed by atoms with Crippen LogP contribution >= 0.6 is 0 Å². The van der Waals surface area contributed by atoms with Crippen molar-refractivity contribution in [1.82, 2.24) is 10.6 Å². The third-order valence-electron chi connectivity index (χ3n) is 1.68. The molecule has 1 rings (SSSR count). The van der Waals surface area contributed by atoms with E-state index in [1.54, 1.807) is 0 Å². The number of ether oxygens (including phenoxy) is 1. The molecule has 13 heavy (non-hydrogen) atoms. The van der Waals surface area contributed by atoms with Crippen molar-refractivity contribution in [2.45, 2.75) is 0 Å². The third-order valence-corrected chi connectivity index (χ3v) is 1.68. The lowest BCUT2D eigenvalue weighted by Crippen LogP contribution is -2.51. The summed E-state index contributed by atoms with van der Waals surface area (Å²) in [4.78, 5) is 22.3. The fourth-order valence-electron chi connectivity index (χ4n) is 1.01. The normalized spacial score (nSPS) is 21.8. The predicted molar refractivity (Wildman–Crippen MR) is 45.7 cm³/mol. The van der Waals surface area contributed by atoms with Gasteiger partial charge in [0.25, 0.3) is 0 Å². The van der Waals surface area contributed by atoms with Crippen molar-refractivity contribution < 1.29 is 14.3 Å². The Morgan fingerprint density at radius 2 is 2.54 bits per heavy atom. The summed E-state index contributed by atoms with van der Waals surface area (Å²) in [5, 5.41) is 5.38. The van der Waals surface area contributed by atoms with Crippen molar-refractivity contribution in [1.29, 1.82) is 0 Å². The van der Waals surface area contributed by atoms with Crippen molar-refractivity contribution in [3.05, 3.63) is 12.7 Å². The first-order valence-electron chi connectivity index (χ1n) is 4.01. The van der Waals surface area contributed by atoms with Gasteiger partial charge in [-0.15, -0.1) is 0 Å². The van der Waals surface area contributed by atoms with Crippen LogP contribution in [0.2, 0.25) is 0 Å². The first kappa shape index (κ1) is 9.73. The monoisotopic (exact) mass is 184 g/mol. The molecule has 0 radical (unpaired) electrons. The zero-order chi connectivity index (χ0) is 9.68. The zero-order valence-electron chi connectivity index (χ0n) is 7.21. The summed E-state index contributed by atoms with van der Waals surface area (Å²) >= 11 is 0. The Hall–Kier alpha value is -1.36. The molecule has 1 aliphatic heterocycles. The highest BCUT2D eigenvalue weighted by Gasteiger charge is 2.29. The summed E-state index contributed by atoms with van der Waals surface area (Å²) in [5.74, 6) is -1.52. The summed E-state index contributed by atoms with van der Waals surface area (Å²) < 4.78 is 4.74. The smallest absolute Gasteiger partial charge is 0.320 e. The van der Waals surface area contributed by atoms with Gasteiger partial charge in [0.2, 0.25) is 5.91 Å². The Kier molecular flexibility index (Phi) is 3.45. The van der Waals surface area contributed by atoms with E-state index < -0.39 is 11.9 Å². The van der Waals surface area contributed by atoms with E-state index in [1.165, 1.54) is 6.08 Å². The van der Waals surface area contributed by atoms with E-state index in [-0.39, 0.29) is 12.5 Å². The van der Waals surface area contributed by atoms with Crippen molar-refractivity contribution >= 4 is 11.9 Å². The Labute approximate surface area is 76.1 Å². The lowest BCUT2D eigenvalue weighted by atomic mass is 10.1. The number of amides is 1. The van der Waals surface area contributed by atoms with Crippen LogP contribution in [0, 0.1) is 5.92 Å². The molecule has 1 aliphatic rings. The molecule has 1 amide bonds. The van der Waals surface area contributed by atoms with Gasteiger partial charge in [0.15, 0.2) is 0 Å². The molecule has 1 saturated heterocycles. The summed E-state index contributed by atoms with van der Waals surface area (Å²) in [6.07, 6.45) is 1.46. The van der Waals surface area contributed by atoms with Gasteiger partial charge in [0.05, 0.1) is 6.67 Å². The SMILES string of the molecule is C=CCOC(=O)C1CNCNC1=O. The number of nitrogens with one attached hydrogen (secondary N) is 2. The summed E-state index contributed by atoms with van der Waals surface area (Å²) in [5.41, 5.74) is 0. The first-order chi connectivity index (χ1) is 6.25. The highest BCUT2D eigenvalue weighted by molar-refractivity contribution is 5.98. The van der Waals surface area contributed by atoms with E-state index in [9.17, 15) is 9.59 Å². The number of hydrogen-bond donors (Lipinski definition) is 2. The average Bonchev–Trinajstić information content (AvgIpc) is 2.15. The molecule has 0 aliphatic carbocycles. The van der Waals surface area contributed by atoms with Crippen molar-refractivity contribution in [2.24, 2.45) is 5.92 Å². The molecule has 5 heteroatoms. The van der Waals surface area contributed by atoms with Gasteiger partial charge in [-0.1, -0.05) is 12.7 Å². The van der Waals surface area contributed by atoms with Gasteiger partial charge < -0.3 is 10.1 Å². The fourth-order valence-corrected chi connectivity index (χ4v) is 1.01. The van der Waals surface area contributed by atoms with Gasteiger partial charge in [-0.25, -0.2) is 0 Å². The summed E-state index contributed by atoms with van der Waals surface area (Å²) in [7, 11) is 0. The second-order valence-electron chi connectivity index (χ2n) is 2.64. The zero-order valence-corrected chi connectivity index (χ0v) is 7.21. The molecular formula is C8H12N2O3. The molecular weight excluding hydrogens is 172 g/mol. The number of carbonyl (C=O) groups excluding carboxylic acids is 2. The van der Waals surface area contributed by atoms with Crippen molar-refractivity contribution in [3.63, 3.8) is 0 Å². The van der Waals surface area contributed by atoms with Gasteiger partial charge in [-0.3, -0.25) is 14.9 Å². The van der Waals surface area contributed by atoms with Gasteiger partial charge >= 0.3 is 5.97 Å². The molecule has 2 N–H and O–H groups in total. The van der Waals surface area contributed by atoms with Gasteiger partial charge in [-0.05, 0) is 0 Å². The number of rotatable bonds is 3. The highest BCUT2D eigenvalue weighted by atomic mass is 16.5. The van der Waals surface area contributed by atoms with Crippen LogP contribution in [0.25, 0.3) is 0 Å². The molecule has 72 valence electrons. The average molecular weight is 184 g/mol. The van der Waals surface area contributed by atoms with Crippen LogP contribution < -0.4 is 10.6 Å². The summed E-state index contributed by atoms with van der Waals surface area (Å²) in [6, 6.07) is 0. The number of carbonyl (C=O) groups is 2. The van der Waals surface area contributed by atoms with Crippen LogP contribution in [0.1, 0.15) is 0 Å². The van der Waals surface area contributed by atoms with Gasteiger partial charge in [0, 0.05) is 6.54 Å². The lowest BCUT2D eigenvalue weighted by molar-refractivity contribution is -0.152. The maximum Gasteiger partial charge on any atom is 0.320 e. The van der Waals surface area contributed by atoms with Crippen molar-refractivity contribution in [3.8, 4) is 0 Å². The van der Waals surface area contributed by atoms with Gasteiger partial charge in [0.1, 0.15) is 12.5 Å². The molecule has 0 spiro atoms. The van der Waals surface area contributed by atoms with E-state index in [1.807, 2.05) is 0 Å². The predicted octanol–water partition coefficient (Wildman–Crippen LogP) is -0.991. The topological polar surface area (TPSA) is 67.4 Å². The van der Waals surface area contributed by atoms with Crippen LogP contribution in [-0.4, -0.2) is 31.7 Å². The molecule has 1 fully saturated rings. The van der Waals surface area contributed by atoms with Crippen LogP contribution in [0.15, 0.2) is 12.7 Å². The summed E-state index contributed by atoms with van der Waals surface area (Å²) in [6.45, 7) is 4.29. The standard InChI is InChI=1S/C8H12N2O3/c1-2-3-13-8(12)6-4-9-5-10-7(6)11/h2,6,9H,1,3-5H2,(H,10,11). The number of hydrogen-bond acceptors (Lipinski definition) is 4. The van der Waals surface area contributed by atoms with Crippen LogP contribution in [-0.2, 0) is 14.3 Å². The van der Waals surface area contributed by atoms with Gasteiger partial charge in [-0.2, -0.15) is 0 Å². The molecule has 1 heterocycles. The van der Waals surface area contributed by atoms with Crippen LogP contribution in [0.4, 0.5) is 0 Å². The molecule has 0 aromatic rings. The molecule has 0 bridgehead atoms. The minimum absolute atomic E-state index is 0.141. The van der Waals surface area contributed by atoms with Crippen molar-refractivity contribution in [2.75, 3.05) is 19.8 Å². The molecule has 0 aromatic carbocycles. The third kappa shape index (κ3) is 2.55. The number of esters is 1. The highest BCUT2D eigenvalue weighted by Crippen LogP contribution is 2.01. The minimum atomic E-state index is -0.728. The quantitative estimate of drug-likeness (QED) is 0.336. The second kappa shape index (κ2) is 4.61. The molecule has 0 aromatic heterocycles. The van der Waals surface area contributed by atoms with E-state index >= 15 is 0 Å². The maximum absolute atomic E-state index is 11.2. The van der Waals surface area contributed by atoms with E-state index in [2.05, 4.69) is 17.2 Å². The molecule has 5 nitrogen and oxygen atoms in total. The Morgan fingerprint density at radius 3 is 3.15 bits per heavy atom. The Balaban J connectivity index is 2.43. The first-order valence-corrected chi connectivity index (χ1v) is 4.01. The Bertz CT molecular complexity index is 227. The Morgan fingerprint density at radius 1 is 1.77 bits per heavy atom. The second-order valence-corrected chi connectivity index (χ2v) is 2.64. The maximum atomic E-state index is 11.2. The largest absolute Gasteiger partial charge is 0.461 e. The van der Waals surface area contributed by atoms with E-state index in [0.717, 1.165) is 0 Å².